The van der Waals surface area contributed by atoms with Crippen LogP contribution in [-0.4, -0.2) is 10.1 Å². The van der Waals surface area contributed by atoms with E-state index in [9.17, 15) is 0 Å². The first kappa shape index (κ1) is 10.7. The van der Waals surface area contributed by atoms with Crippen LogP contribution >= 0.6 is 0 Å². The Hall–Kier alpha value is -1.84. The maximum Gasteiger partial charge on any atom is 0.231 e. The van der Waals surface area contributed by atoms with Crippen LogP contribution in [0.1, 0.15) is 37.0 Å². The van der Waals surface area contributed by atoms with Crippen LogP contribution in [-0.2, 0) is 6.42 Å². The Balaban J connectivity index is 2.18. The fourth-order valence-electron chi connectivity index (χ4n) is 1.43. The van der Waals surface area contributed by atoms with Crippen LogP contribution < -0.4 is 5.73 Å². The van der Waals surface area contributed by atoms with E-state index in [0.717, 1.165) is 17.1 Å². The molecular weight excluding hydrogens is 202 g/mol. The summed E-state index contributed by atoms with van der Waals surface area (Å²) in [7, 11) is 0. The largest absolute Gasteiger partial charge is 0.398 e. The molecule has 2 rings (SSSR count). The van der Waals surface area contributed by atoms with E-state index in [4.69, 9.17) is 10.3 Å². The smallest absolute Gasteiger partial charge is 0.231 e. The summed E-state index contributed by atoms with van der Waals surface area (Å²) in [5.41, 5.74) is 7.62. The summed E-state index contributed by atoms with van der Waals surface area (Å²) in [4.78, 5) is 4.31. The van der Waals surface area contributed by atoms with E-state index in [1.165, 1.54) is 0 Å². The van der Waals surface area contributed by atoms with Gasteiger partial charge < -0.3 is 10.3 Å². The van der Waals surface area contributed by atoms with E-state index in [1.54, 1.807) is 0 Å². The van der Waals surface area contributed by atoms with Crippen molar-refractivity contribution in [1.82, 2.24) is 10.1 Å². The first-order valence-corrected chi connectivity index (χ1v) is 5.32. The molecular formula is C12H15N3O. The lowest BCUT2D eigenvalue weighted by Gasteiger charge is -2.00. The zero-order valence-electron chi connectivity index (χ0n) is 9.47. The van der Waals surface area contributed by atoms with Crippen LogP contribution in [0.25, 0.3) is 0 Å². The molecule has 0 radical (unpaired) electrons. The molecule has 0 aliphatic carbocycles. The predicted octanol–water partition coefficient (Wildman–Crippen LogP) is 2.37. The van der Waals surface area contributed by atoms with Gasteiger partial charge in [-0.15, -0.1) is 0 Å². The molecule has 0 saturated carbocycles. The third kappa shape index (κ3) is 2.21. The van der Waals surface area contributed by atoms with Gasteiger partial charge in [-0.25, -0.2) is 0 Å². The predicted molar refractivity (Wildman–Crippen MR) is 62.0 cm³/mol. The van der Waals surface area contributed by atoms with Gasteiger partial charge in [0.25, 0.3) is 0 Å². The van der Waals surface area contributed by atoms with E-state index in [-0.39, 0.29) is 5.92 Å². The highest BCUT2D eigenvalue weighted by Gasteiger charge is 2.10. The Bertz CT molecular complexity index is 477. The van der Waals surface area contributed by atoms with Crippen LogP contribution in [0.2, 0.25) is 0 Å². The van der Waals surface area contributed by atoms with Crippen molar-refractivity contribution in [3.8, 4) is 0 Å². The summed E-state index contributed by atoms with van der Waals surface area (Å²) < 4.78 is 5.17. The molecule has 4 heteroatoms. The van der Waals surface area contributed by atoms with E-state index >= 15 is 0 Å². The SMILES string of the molecule is CC(C)c1noc(Cc2ccccc2N)n1. The minimum Gasteiger partial charge on any atom is -0.398 e. The lowest BCUT2D eigenvalue weighted by Crippen LogP contribution is -1.96. The number of nitrogens with two attached hydrogens (primary N) is 1. The third-order valence-electron chi connectivity index (χ3n) is 2.40. The first-order chi connectivity index (χ1) is 7.66. The Morgan fingerprint density at radius 2 is 2.06 bits per heavy atom. The molecule has 2 N–H and O–H groups in total. The van der Waals surface area contributed by atoms with Gasteiger partial charge in [0.1, 0.15) is 0 Å². The number of hydrogen-bond acceptors (Lipinski definition) is 4. The number of anilines is 1. The van der Waals surface area contributed by atoms with Gasteiger partial charge in [0, 0.05) is 11.6 Å². The number of nitrogens with zero attached hydrogens (tertiary/aromatic N) is 2. The van der Waals surface area contributed by atoms with Crippen molar-refractivity contribution >= 4 is 5.69 Å². The summed E-state index contributed by atoms with van der Waals surface area (Å²) in [6.07, 6.45) is 0.590. The Labute approximate surface area is 94.5 Å². The number of rotatable bonds is 3. The van der Waals surface area contributed by atoms with Gasteiger partial charge in [0.15, 0.2) is 5.82 Å². The molecule has 0 unspecified atom stereocenters. The monoisotopic (exact) mass is 217 g/mol. The third-order valence-corrected chi connectivity index (χ3v) is 2.40. The molecule has 1 aromatic carbocycles. The lowest BCUT2D eigenvalue weighted by atomic mass is 10.1. The van der Waals surface area contributed by atoms with Crippen LogP contribution in [0.15, 0.2) is 28.8 Å². The maximum atomic E-state index is 5.85. The highest BCUT2D eigenvalue weighted by molar-refractivity contribution is 5.47. The van der Waals surface area contributed by atoms with Crippen LogP contribution in [0.5, 0.6) is 0 Å². The average molecular weight is 217 g/mol. The molecule has 84 valence electrons. The topological polar surface area (TPSA) is 64.9 Å². The van der Waals surface area contributed by atoms with Gasteiger partial charge in [-0.2, -0.15) is 4.98 Å². The first-order valence-electron chi connectivity index (χ1n) is 5.32. The van der Waals surface area contributed by atoms with Crippen molar-refractivity contribution in [2.45, 2.75) is 26.2 Å². The normalized spacial score (nSPS) is 10.9. The number of hydrogen-bond donors (Lipinski definition) is 1. The van der Waals surface area contributed by atoms with Gasteiger partial charge in [-0.3, -0.25) is 0 Å². The highest BCUT2D eigenvalue weighted by atomic mass is 16.5. The quantitative estimate of drug-likeness (QED) is 0.801. The summed E-state index contributed by atoms with van der Waals surface area (Å²) in [6.45, 7) is 4.07. The van der Waals surface area contributed by atoms with E-state index in [0.29, 0.717) is 12.3 Å². The second kappa shape index (κ2) is 4.35. The lowest BCUT2D eigenvalue weighted by molar-refractivity contribution is 0.377. The van der Waals surface area contributed by atoms with E-state index in [2.05, 4.69) is 10.1 Å². The Kier molecular flexibility index (Phi) is 2.90. The van der Waals surface area contributed by atoms with Gasteiger partial charge in [0.2, 0.25) is 5.89 Å². The number of para-hydroxylation sites is 1. The molecule has 0 saturated heterocycles. The molecule has 0 spiro atoms. The Morgan fingerprint density at radius 1 is 1.31 bits per heavy atom. The van der Waals surface area contributed by atoms with E-state index < -0.39 is 0 Å². The van der Waals surface area contributed by atoms with E-state index in [1.807, 2.05) is 38.1 Å². The second-order valence-corrected chi connectivity index (χ2v) is 4.08. The summed E-state index contributed by atoms with van der Waals surface area (Å²) in [6, 6.07) is 7.70. The number of aromatic nitrogens is 2. The molecule has 1 heterocycles. The van der Waals surface area contributed by atoms with Crippen molar-refractivity contribution in [1.29, 1.82) is 0 Å². The van der Waals surface area contributed by atoms with Crippen LogP contribution in [0.3, 0.4) is 0 Å². The fourth-order valence-corrected chi connectivity index (χ4v) is 1.43. The molecule has 2 aromatic rings. The maximum absolute atomic E-state index is 5.85. The minimum atomic E-state index is 0.283. The zero-order chi connectivity index (χ0) is 11.5. The van der Waals surface area contributed by atoms with Crippen molar-refractivity contribution in [2.75, 3.05) is 5.73 Å². The summed E-state index contributed by atoms with van der Waals surface area (Å²) in [5, 5.41) is 3.91. The second-order valence-electron chi connectivity index (χ2n) is 4.08. The molecule has 16 heavy (non-hydrogen) atoms. The molecule has 4 nitrogen and oxygen atoms in total. The van der Waals surface area contributed by atoms with Crippen molar-refractivity contribution in [2.24, 2.45) is 0 Å². The molecule has 0 fully saturated rings. The van der Waals surface area contributed by atoms with Gasteiger partial charge in [0.05, 0.1) is 6.42 Å². The molecule has 1 aromatic heterocycles. The number of benzene rings is 1. The standard InChI is InChI=1S/C12H15N3O/c1-8(2)12-14-11(16-15-12)7-9-5-3-4-6-10(9)13/h3-6,8H,7,13H2,1-2H3. The van der Waals surface area contributed by atoms with Crippen molar-refractivity contribution in [3.05, 3.63) is 41.5 Å². The number of nitrogen functional groups attached to an aromatic ring is 1. The van der Waals surface area contributed by atoms with Gasteiger partial charge >= 0.3 is 0 Å². The zero-order valence-corrected chi connectivity index (χ0v) is 9.47. The molecule has 0 atom stereocenters. The minimum absolute atomic E-state index is 0.283. The fraction of sp³-hybridized carbons (Fsp3) is 0.333. The average Bonchev–Trinajstić information content (AvgIpc) is 2.70. The summed E-state index contributed by atoms with van der Waals surface area (Å²) >= 11 is 0. The van der Waals surface area contributed by atoms with Crippen LogP contribution in [0, 0.1) is 0 Å². The van der Waals surface area contributed by atoms with Gasteiger partial charge in [-0.05, 0) is 11.6 Å². The summed E-state index contributed by atoms with van der Waals surface area (Å²) in [5.74, 6) is 1.64. The van der Waals surface area contributed by atoms with Crippen molar-refractivity contribution in [3.63, 3.8) is 0 Å². The van der Waals surface area contributed by atoms with Gasteiger partial charge in [-0.1, -0.05) is 37.2 Å². The Morgan fingerprint density at radius 3 is 2.69 bits per heavy atom. The molecule has 0 bridgehead atoms. The molecule has 0 amide bonds. The van der Waals surface area contributed by atoms with Crippen LogP contribution in [0.4, 0.5) is 5.69 Å². The highest BCUT2D eigenvalue weighted by Crippen LogP contribution is 2.16. The molecule has 0 aliphatic rings. The molecule has 0 aliphatic heterocycles. The van der Waals surface area contributed by atoms with Crippen molar-refractivity contribution < 1.29 is 4.52 Å².